The second kappa shape index (κ2) is 3.05. The molecule has 0 saturated heterocycles. The minimum atomic E-state index is -4.65. The number of thiol groups is 1. The van der Waals surface area contributed by atoms with Crippen molar-refractivity contribution in [3.63, 3.8) is 0 Å². The molecule has 0 aromatic carbocycles. The first kappa shape index (κ1) is 8.74. The third-order valence-corrected chi connectivity index (χ3v) is 1.46. The lowest BCUT2D eigenvalue weighted by Gasteiger charge is -1.95. The number of hydrogen-bond donors (Lipinski definition) is 1. The third kappa shape index (κ3) is 3.34. The maximum atomic E-state index is 11.3. The maximum absolute atomic E-state index is 11.3. The number of alkyl halides is 3. The van der Waals surface area contributed by atoms with Gasteiger partial charge in [-0.25, -0.2) is 8.57 Å². The Morgan fingerprint density at radius 1 is 1.56 bits per heavy atom. The van der Waals surface area contributed by atoms with E-state index in [-0.39, 0.29) is 6.54 Å². The molecule has 0 N–H and O–H groups in total. The Kier molecular flexibility index (Phi) is 2.96. The average Bonchev–Trinajstić information content (AvgIpc) is 1.64. The zero-order chi connectivity index (χ0) is 7.49. The van der Waals surface area contributed by atoms with E-state index in [2.05, 4.69) is 4.36 Å². The van der Waals surface area contributed by atoms with Crippen LogP contribution in [0.4, 0.5) is 13.2 Å². The van der Waals surface area contributed by atoms with Gasteiger partial charge in [-0.2, -0.15) is 13.2 Å². The standard InChI is InChI=1S/C3H6F3NOS/c1-2-7-9(8)3(4,5)6/h9H,2H2,1H3. The molecule has 9 heavy (non-hydrogen) atoms. The molecule has 0 aliphatic rings. The summed E-state index contributed by atoms with van der Waals surface area (Å²) < 4.78 is 46.5. The highest BCUT2D eigenvalue weighted by molar-refractivity contribution is 7.75. The third-order valence-electron chi connectivity index (χ3n) is 0.487. The average molecular weight is 161 g/mol. The summed E-state index contributed by atoms with van der Waals surface area (Å²) in [5.41, 5.74) is -4.65. The van der Waals surface area contributed by atoms with Crippen molar-refractivity contribution in [1.82, 2.24) is 0 Å². The Balaban J connectivity index is 4.22. The first-order valence-electron chi connectivity index (χ1n) is 2.20. The van der Waals surface area contributed by atoms with Crippen LogP contribution < -0.4 is 0 Å². The van der Waals surface area contributed by atoms with Crippen molar-refractivity contribution >= 4 is 10.6 Å². The maximum Gasteiger partial charge on any atom is 0.476 e. The second-order valence-electron chi connectivity index (χ2n) is 1.20. The Morgan fingerprint density at radius 3 is 2.11 bits per heavy atom. The van der Waals surface area contributed by atoms with Crippen LogP contribution in [0.2, 0.25) is 0 Å². The van der Waals surface area contributed by atoms with Crippen LogP contribution in [-0.2, 0) is 10.6 Å². The normalized spacial score (nSPS) is 16.0. The molecule has 0 aromatic rings. The van der Waals surface area contributed by atoms with Crippen LogP contribution in [0.25, 0.3) is 0 Å². The van der Waals surface area contributed by atoms with Crippen LogP contribution in [0.5, 0.6) is 0 Å². The van der Waals surface area contributed by atoms with Gasteiger partial charge in [0.1, 0.15) is 10.6 Å². The molecule has 2 nitrogen and oxygen atoms in total. The Bertz CT molecular complexity index is 157. The quantitative estimate of drug-likeness (QED) is 0.575. The highest BCUT2D eigenvalue weighted by atomic mass is 32.2. The molecule has 0 bridgehead atoms. The molecule has 1 unspecified atom stereocenters. The van der Waals surface area contributed by atoms with E-state index in [0.717, 1.165) is 0 Å². The smallest absolute Gasteiger partial charge is 0.244 e. The molecular weight excluding hydrogens is 155 g/mol. The molecule has 56 valence electrons. The van der Waals surface area contributed by atoms with Crippen LogP contribution in [0, 0.1) is 0 Å². The predicted octanol–water partition coefficient (Wildman–Crippen LogP) is 1.19. The van der Waals surface area contributed by atoms with Crippen molar-refractivity contribution in [2.75, 3.05) is 6.54 Å². The van der Waals surface area contributed by atoms with Gasteiger partial charge in [0.05, 0.1) is 0 Å². The van der Waals surface area contributed by atoms with E-state index in [9.17, 15) is 17.4 Å². The summed E-state index contributed by atoms with van der Waals surface area (Å²) in [6, 6.07) is 0. The number of halogens is 3. The molecule has 1 atom stereocenters. The monoisotopic (exact) mass is 161 g/mol. The molecule has 0 radical (unpaired) electrons. The number of nitrogens with zero attached hydrogens (tertiary/aromatic N) is 1. The Hall–Kier alpha value is -0.260. The molecule has 0 aromatic heterocycles. The van der Waals surface area contributed by atoms with Crippen molar-refractivity contribution < 1.29 is 17.4 Å². The largest absolute Gasteiger partial charge is 0.476 e. The van der Waals surface area contributed by atoms with Crippen LogP contribution in [0.15, 0.2) is 4.36 Å². The summed E-state index contributed by atoms with van der Waals surface area (Å²) in [5, 5.41) is 0. The summed E-state index contributed by atoms with van der Waals surface area (Å²) in [5.74, 6) is 0. The van der Waals surface area contributed by atoms with Crippen LogP contribution in [-0.4, -0.2) is 16.3 Å². The van der Waals surface area contributed by atoms with Crippen LogP contribution in [0.3, 0.4) is 0 Å². The Morgan fingerprint density at radius 2 is 2.00 bits per heavy atom. The van der Waals surface area contributed by atoms with E-state index >= 15 is 0 Å². The molecule has 0 spiro atoms. The number of hydrogen-bond acceptors (Lipinski definition) is 2. The van der Waals surface area contributed by atoms with Gasteiger partial charge in [0.15, 0.2) is 0 Å². The van der Waals surface area contributed by atoms with Crippen LogP contribution >= 0.6 is 0 Å². The van der Waals surface area contributed by atoms with E-state index in [0.29, 0.717) is 0 Å². The molecule has 0 heterocycles. The highest BCUT2D eigenvalue weighted by Crippen LogP contribution is 2.15. The minimum Gasteiger partial charge on any atom is -0.244 e. The first-order valence-corrected chi connectivity index (χ1v) is 3.41. The summed E-state index contributed by atoms with van der Waals surface area (Å²) in [6.07, 6.45) is 0. The topological polar surface area (TPSA) is 29.4 Å². The lowest BCUT2D eigenvalue weighted by atomic mass is 10.8. The molecule has 0 rings (SSSR count). The van der Waals surface area contributed by atoms with Gasteiger partial charge in [-0.1, -0.05) is 0 Å². The Labute approximate surface area is 52.3 Å². The van der Waals surface area contributed by atoms with Gasteiger partial charge >= 0.3 is 5.51 Å². The summed E-state index contributed by atoms with van der Waals surface area (Å²) in [6.45, 7) is 1.34. The minimum absolute atomic E-state index is 0.0608. The van der Waals surface area contributed by atoms with Gasteiger partial charge in [0.25, 0.3) is 0 Å². The van der Waals surface area contributed by atoms with Gasteiger partial charge in [-0.3, -0.25) is 0 Å². The summed E-state index contributed by atoms with van der Waals surface area (Å²) >= 11 is 0. The number of rotatable bonds is 1. The zero-order valence-corrected chi connectivity index (χ0v) is 5.54. The first-order chi connectivity index (χ1) is 3.98. The molecule has 0 saturated carbocycles. The van der Waals surface area contributed by atoms with Crippen LogP contribution in [0.1, 0.15) is 6.92 Å². The lowest BCUT2D eigenvalue weighted by Crippen LogP contribution is -2.08. The van der Waals surface area contributed by atoms with Crippen molar-refractivity contribution in [2.45, 2.75) is 12.4 Å². The van der Waals surface area contributed by atoms with Crippen molar-refractivity contribution in [3.05, 3.63) is 0 Å². The van der Waals surface area contributed by atoms with Gasteiger partial charge < -0.3 is 0 Å². The van der Waals surface area contributed by atoms with E-state index in [1.165, 1.54) is 6.92 Å². The second-order valence-corrected chi connectivity index (χ2v) is 2.53. The molecule has 0 aliphatic heterocycles. The van der Waals surface area contributed by atoms with Gasteiger partial charge in [-0.05, 0) is 6.92 Å². The fourth-order valence-electron chi connectivity index (χ4n) is 0.209. The molecule has 0 amide bonds. The van der Waals surface area contributed by atoms with E-state index in [1.807, 2.05) is 0 Å². The van der Waals surface area contributed by atoms with E-state index in [4.69, 9.17) is 0 Å². The fraction of sp³-hybridized carbons (Fsp3) is 1.00. The van der Waals surface area contributed by atoms with E-state index < -0.39 is 16.1 Å². The highest BCUT2D eigenvalue weighted by Gasteiger charge is 2.29. The zero-order valence-electron chi connectivity index (χ0n) is 4.64. The summed E-state index contributed by atoms with van der Waals surface area (Å²) in [7, 11) is -3.35. The molecular formula is C3H6F3NOS. The van der Waals surface area contributed by atoms with Gasteiger partial charge in [0.2, 0.25) is 0 Å². The van der Waals surface area contributed by atoms with Gasteiger partial charge in [-0.15, -0.1) is 0 Å². The fourth-order valence-corrected chi connectivity index (χ4v) is 0.626. The molecule has 0 fully saturated rings. The van der Waals surface area contributed by atoms with Crippen molar-refractivity contribution in [1.29, 1.82) is 0 Å². The van der Waals surface area contributed by atoms with Gasteiger partial charge in [0, 0.05) is 6.54 Å². The molecule has 6 heteroatoms. The molecule has 0 aliphatic carbocycles. The summed E-state index contributed by atoms with van der Waals surface area (Å²) in [4.78, 5) is 0. The van der Waals surface area contributed by atoms with E-state index in [1.54, 1.807) is 0 Å². The van der Waals surface area contributed by atoms with Crippen molar-refractivity contribution in [2.24, 2.45) is 4.36 Å². The van der Waals surface area contributed by atoms with Crippen molar-refractivity contribution in [3.8, 4) is 0 Å². The predicted molar refractivity (Wildman–Crippen MR) is 28.6 cm³/mol. The SMILES string of the molecule is CC/N=[SH](=O)/C(F)(F)F. The lowest BCUT2D eigenvalue weighted by molar-refractivity contribution is -0.0370.